The number of esters is 1. The maximum atomic E-state index is 13.5. The predicted octanol–water partition coefficient (Wildman–Crippen LogP) is 6.18. The van der Waals surface area contributed by atoms with Gasteiger partial charge < -0.3 is 10.1 Å². The normalized spacial score (nSPS) is 11.5. The van der Waals surface area contributed by atoms with E-state index < -0.39 is 5.97 Å². The molecule has 1 aromatic heterocycles. The number of rotatable bonds is 7. The van der Waals surface area contributed by atoms with Gasteiger partial charge in [-0.1, -0.05) is 46.8 Å². The van der Waals surface area contributed by atoms with Crippen LogP contribution in [0, 0.1) is 17.2 Å². The van der Waals surface area contributed by atoms with Crippen molar-refractivity contribution in [2.75, 3.05) is 5.32 Å². The lowest BCUT2D eigenvalue weighted by Crippen LogP contribution is -2.19. The second-order valence-electron chi connectivity index (χ2n) is 10.1. The van der Waals surface area contributed by atoms with Crippen LogP contribution in [0.4, 0.5) is 10.1 Å². The lowest BCUT2D eigenvalue weighted by molar-refractivity contribution is -0.132. The Hall–Kier alpha value is -3.48. The first-order valence-corrected chi connectivity index (χ1v) is 11.4. The molecule has 3 rings (SSSR count). The molecule has 0 saturated carbocycles. The van der Waals surface area contributed by atoms with E-state index in [4.69, 9.17) is 9.84 Å². The van der Waals surface area contributed by atoms with Gasteiger partial charge in [0.1, 0.15) is 5.82 Å². The largest absolute Gasteiger partial charge is 0.407 e. The fraction of sp³-hybridized carbons (Fsp3) is 0.370. The Bertz CT molecular complexity index is 1160. The molecule has 1 N–H and O–H groups in total. The Kier molecular flexibility index (Phi) is 7.54. The summed E-state index contributed by atoms with van der Waals surface area (Å²) in [5, 5.41) is 7.66. The highest BCUT2D eigenvalue weighted by atomic mass is 19.1. The van der Waals surface area contributed by atoms with Gasteiger partial charge >= 0.3 is 5.97 Å². The Balaban J connectivity index is 2.05. The Morgan fingerprint density at radius 3 is 2.21 bits per heavy atom. The maximum absolute atomic E-state index is 13.5. The lowest BCUT2D eigenvalue weighted by Gasteiger charge is -2.17. The molecule has 0 aliphatic rings. The lowest BCUT2D eigenvalue weighted by atomic mass is 9.92. The number of nitrogens with one attached hydrogen (secondary N) is 1. The van der Waals surface area contributed by atoms with Gasteiger partial charge in [-0.3, -0.25) is 9.59 Å². The van der Waals surface area contributed by atoms with E-state index in [1.54, 1.807) is 12.1 Å². The van der Waals surface area contributed by atoms with Gasteiger partial charge in [-0.2, -0.15) is 9.78 Å². The first-order chi connectivity index (χ1) is 15.9. The molecule has 6 nitrogen and oxygen atoms in total. The van der Waals surface area contributed by atoms with Gasteiger partial charge in [0.25, 0.3) is 0 Å². The average Bonchev–Trinajstić information content (AvgIpc) is 3.04. The van der Waals surface area contributed by atoms with Crippen molar-refractivity contribution in [2.45, 2.75) is 54.4 Å². The van der Waals surface area contributed by atoms with Crippen molar-refractivity contribution in [2.24, 2.45) is 11.3 Å². The fourth-order valence-corrected chi connectivity index (χ4v) is 3.66. The van der Waals surface area contributed by atoms with Crippen LogP contribution in [0.25, 0.3) is 16.8 Å². The highest BCUT2D eigenvalue weighted by molar-refractivity contribution is 5.91. The van der Waals surface area contributed by atoms with E-state index >= 15 is 0 Å². The molecular weight excluding hydrogens is 433 g/mol. The molecule has 1 heterocycles. The van der Waals surface area contributed by atoms with Crippen LogP contribution in [0.1, 0.15) is 53.7 Å². The van der Waals surface area contributed by atoms with Crippen LogP contribution in [0.15, 0.2) is 48.5 Å². The molecule has 0 fully saturated rings. The summed E-state index contributed by atoms with van der Waals surface area (Å²) >= 11 is 0. The number of carbonyl (C=O) groups is 2. The summed E-state index contributed by atoms with van der Waals surface area (Å²) in [7, 11) is 0. The molecular formula is C27H32FN3O3. The van der Waals surface area contributed by atoms with Crippen LogP contribution in [0.5, 0.6) is 5.88 Å². The zero-order valence-electron chi connectivity index (χ0n) is 20.6. The van der Waals surface area contributed by atoms with Gasteiger partial charge in [0.05, 0.1) is 16.9 Å². The fourth-order valence-electron chi connectivity index (χ4n) is 3.66. The number of hydrogen-bond acceptors (Lipinski definition) is 4. The van der Waals surface area contributed by atoms with Crippen molar-refractivity contribution in [3.63, 3.8) is 0 Å². The molecule has 180 valence electrons. The second kappa shape index (κ2) is 10.2. The molecule has 0 saturated heterocycles. The average molecular weight is 466 g/mol. The third-order valence-corrected chi connectivity index (χ3v) is 4.98. The van der Waals surface area contributed by atoms with Crippen LogP contribution in [-0.4, -0.2) is 21.7 Å². The number of halogens is 1. The minimum Gasteiger partial charge on any atom is -0.407 e. The SMILES string of the molecule is CC(=O)Oc1c(-c2ccc(NC(=O)CC(C)(C)C)cc2)c(CC(C)C)nn1-c1ccc(F)cc1. The van der Waals surface area contributed by atoms with Gasteiger partial charge in [0.2, 0.25) is 11.8 Å². The molecule has 0 unspecified atom stereocenters. The maximum Gasteiger partial charge on any atom is 0.309 e. The molecule has 3 aromatic rings. The van der Waals surface area contributed by atoms with E-state index in [-0.39, 0.29) is 23.0 Å². The number of anilines is 1. The van der Waals surface area contributed by atoms with E-state index in [9.17, 15) is 14.0 Å². The van der Waals surface area contributed by atoms with E-state index in [1.807, 2.05) is 45.0 Å². The second-order valence-corrected chi connectivity index (χ2v) is 10.1. The number of hydrogen-bond donors (Lipinski definition) is 1. The molecule has 0 aliphatic carbocycles. The summed E-state index contributed by atoms with van der Waals surface area (Å²) in [4.78, 5) is 24.3. The number of carbonyl (C=O) groups excluding carboxylic acids is 2. The van der Waals surface area contributed by atoms with Crippen LogP contribution < -0.4 is 10.1 Å². The highest BCUT2D eigenvalue weighted by Gasteiger charge is 2.24. The van der Waals surface area contributed by atoms with Gasteiger partial charge in [-0.15, -0.1) is 0 Å². The Morgan fingerprint density at radius 2 is 1.68 bits per heavy atom. The summed E-state index contributed by atoms with van der Waals surface area (Å²) in [6, 6.07) is 13.2. The van der Waals surface area contributed by atoms with Crippen LogP contribution in [0.3, 0.4) is 0 Å². The molecule has 0 atom stereocenters. The molecule has 1 amide bonds. The van der Waals surface area contributed by atoms with Crippen molar-refractivity contribution >= 4 is 17.6 Å². The zero-order valence-corrected chi connectivity index (χ0v) is 20.6. The predicted molar refractivity (Wildman–Crippen MR) is 132 cm³/mol. The number of nitrogens with zero attached hydrogens (tertiary/aromatic N) is 2. The molecule has 2 aromatic carbocycles. The van der Waals surface area contributed by atoms with Gasteiger partial charge in [0, 0.05) is 19.0 Å². The standard InChI is InChI=1S/C27H32FN3O3/c1-17(2)15-23-25(19-7-11-21(12-8-19)29-24(33)16-27(4,5)6)26(34-18(3)32)31(30-23)22-13-9-20(28)10-14-22/h7-14,17H,15-16H2,1-6H3,(H,29,33). The monoisotopic (exact) mass is 465 g/mol. The molecule has 0 aliphatic heterocycles. The number of benzene rings is 2. The first kappa shape index (κ1) is 25.1. The van der Waals surface area contributed by atoms with E-state index in [0.717, 1.165) is 11.3 Å². The third-order valence-electron chi connectivity index (χ3n) is 4.98. The van der Waals surface area contributed by atoms with Crippen molar-refractivity contribution < 1.29 is 18.7 Å². The Morgan fingerprint density at radius 1 is 1.06 bits per heavy atom. The minimum absolute atomic E-state index is 0.0505. The van der Waals surface area contributed by atoms with Crippen molar-refractivity contribution in [1.82, 2.24) is 9.78 Å². The summed E-state index contributed by atoms with van der Waals surface area (Å²) < 4.78 is 20.7. The summed E-state index contributed by atoms with van der Waals surface area (Å²) in [6.07, 6.45) is 1.07. The summed E-state index contributed by atoms with van der Waals surface area (Å²) in [5.41, 5.74) is 3.42. The van der Waals surface area contributed by atoms with E-state index in [2.05, 4.69) is 19.2 Å². The smallest absolute Gasteiger partial charge is 0.309 e. The Labute approximate surface area is 200 Å². The van der Waals surface area contributed by atoms with Crippen LogP contribution >= 0.6 is 0 Å². The van der Waals surface area contributed by atoms with Crippen LogP contribution in [-0.2, 0) is 16.0 Å². The van der Waals surface area contributed by atoms with Crippen molar-refractivity contribution in [1.29, 1.82) is 0 Å². The van der Waals surface area contributed by atoms with Crippen LogP contribution in [0.2, 0.25) is 0 Å². The molecule has 0 spiro atoms. The van der Waals surface area contributed by atoms with Crippen molar-refractivity contribution in [3.05, 3.63) is 60.0 Å². The molecule has 0 radical (unpaired) electrons. The van der Waals surface area contributed by atoms with Gasteiger partial charge in [-0.25, -0.2) is 4.39 Å². The van der Waals surface area contributed by atoms with Gasteiger partial charge in [-0.05, 0) is 59.7 Å². The molecule has 34 heavy (non-hydrogen) atoms. The first-order valence-electron chi connectivity index (χ1n) is 11.4. The number of amides is 1. The molecule has 0 bridgehead atoms. The van der Waals surface area contributed by atoms with Crippen molar-refractivity contribution in [3.8, 4) is 22.7 Å². The van der Waals surface area contributed by atoms with Gasteiger partial charge in [0.15, 0.2) is 0 Å². The summed E-state index contributed by atoms with van der Waals surface area (Å²) in [5.74, 6) is -0.315. The summed E-state index contributed by atoms with van der Waals surface area (Å²) in [6.45, 7) is 11.5. The zero-order chi connectivity index (χ0) is 25.0. The molecule has 7 heteroatoms. The highest BCUT2D eigenvalue weighted by Crippen LogP contribution is 2.37. The third kappa shape index (κ3) is 6.53. The minimum atomic E-state index is -0.480. The van der Waals surface area contributed by atoms with E-state index in [1.165, 1.54) is 23.7 Å². The number of ether oxygens (including phenoxy) is 1. The topological polar surface area (TPSA) is 73.2 Å². The van der Waals surface area contributed by atoms with E-state index in [0.29, 0.717) is 35.7 Å². The quantitative estimate of drug-likeness (QED) is 0.423. The number of aromatic nitrogens is 2.